The van der Waals surface area contributed by atoms with Crippen molar-refractivity contribution in [3.63, 3.8) is 0 Å². The highest BCUT2D eigenvalue weighted by Crippen LogP contribution is 2.00. The third-order valence-electron chi connectivity index (χ3n) is 1.54. The van der Waals surface area contributed by atoms with Crippen LogP contribution in [-0.2, 0) is 4.79 Å². The first-order valence-electron chi connectivity index (χ1n) is 3.83. The van der Waals surface area contributed by atoms with Crippen LogP contribution in [0.1, 0.15) is 17.4 Å². The fraction of sp³-hybridized carbons (Fsp3) is 0.250. The summed E-state index contributed by atoms with van der Waals surface area (Å²) in [6.45, 7) is 1.33. The zero-order valence-corrected chi connectivity index (χ0v) is 8.50. The first-order valence-corrected chi connectivity index (χ1v) is 3.83. The van der Waals surface area contributed by atoms with E-state index >= 15 is 0 Å². The van der Waals surface area contributed by atoms with Gasteiger partial charge in [0, 0.05) is 13.1 Å². The molecule has 78 valence electrons. The number of ketones is 1. The van der Waals surface area contributed by atoms with Crippen LogP contribution in [-0.4, -0.2) is 22.9 Å². The van der Waals surface area contributed by atoms with Gasteiger partial charge in [0.1, 0.15) is 5.69 Å². The quantitative estimate of drug-likeness (QED) is 0.708. The predicted molar refractivity (Wildman–Crippen MR) is 55.1 cm³/mol. The van der Waals surface area contributed by atoms with Crippen LogP contribution < -0.4 is 11.2 Å². The minimum absolute atomic E-state index is 0. The first kappa shape index (κ1) is 12.7. The van der Waals surface area contributed by atoms with Gasteiger partial charge in [0.2, 0.25) is 0 Å². The number of hydrogen-bond donors (Lipinski definition) is 2. The fourth-order valence-corrected chi connectivity index (χ4v) is 0.945. The monoisotopic (exact) mass is 217 g/mol. The Morgan fingerprint density at radius 3 is 2.71 bits per heavy atom. The molecule has 0 aromatic carbocycles. The Kier molecular flexibility index (Phi) is 4.90. The minimum Gasteiger partial charge on any atom is -0.322 e. The van der Waals surface area contributed by atoms with Crippen molar-refractivity contribution in [2.45, 2.75) is 6.92 Å². The molecule has 0 saturated carbocycles. The molecule has 1 amide bonds. The van der Waals surface area contributed by atoms with E-state index in [2.05, 4.69) is 5.43 Å². The number of halogens is 1. The van der Waals surface area contributed by atoms with Gasteiger partial charge >= 0.3 is 0 Å². The fourth-order valence-electron chi connectivity index (χ4n) is 0.945. The van der Waals surface area contributed by atoms with E-state index in [1.165, 1.54) is 11.6 Å². The zero-order chi connectivity index (χ0) is 9.84. The largest absolute Gasteiger partial charge is 0.322 e. The van der Waals surface area contributed by atoms with E-state index in [0.717, 1.165) is 0 Å². The molecule has 0 bridgehead atoms. The molecule has 1 aromatic heterocycles. The molecule has 1 rings (SSSR count). The van der Waals surface area contributed by atoms with Crippen molar-refractivity contribution in [2.75, 3.05) is 12.0 Å². The van der Waals surface area contributed by atoms with Crippen LogP contribution in [0, 0.1) is 0 Å². The number of hydrogen-bond acceptors (Lipinski definition) is 3. The van der Waals surface area contributed by atoms with Crippen molar-refractivity contribution >= 4 is 24.1 Å². The van der Waals surface area contributed by atoms with Crippen LogP contribution in [0.4, 0.5) is 0 Å². The lowest BCUT2D eigenvalue weighted by Gasteiger charge is -2.07. The summed E-state index contributed by atoms with van der Waals surface area (Å²) >= 11 is 0. The number of Topliss-reactive ketones (excluding diaryl/α,β-unsaturated/α-hetero) is 1. The molecular weight excluding hydrogens is 206 g/mol. The zero-order valence-electron chi connectivity index (χ0n) is 7.69. The maximum atomic E-state index is 11.0. The maximum absolute atomic E-state index is 11.0. The van der Waals surface area contributed by atoms with Crippen molar-refractivity contribution in [3.8, 4) is 0 Å². The Hall–Kier alpha value is -1.33. The number of rotatable bonds is 3. The summed E-state index contributed by atoms with van der Waals surface area (Å²) in [6.07, 6.45) is 1.59. The van der Waals surface area contributed by atoms with Gasteiger partial charge in [0.05, 0.1) is 6.54 Å². The molecule has 0 fully saturated rings. The summed E-state index contributed by atoms with van der Waals surface area (Å²) in [4.78, 5) is 21.9. The van der Waals surface area contributed by atoms with Crippen molar-refractivity contribution in [3.05, 3.63) is 24.0 Å². The number of carbonyl (C=O) groups excluding carboxylic acids is 2. The summed E-state index contributed by atoms with van der Waals surface area (Å²) in [5.74, 6) is -0.443. The number of nitrogens with one attached hydrogen (secondary N) is 1. The molecule has 14 heavy (non-hydrogen) atoms. The topological polar surface area (TPSA) is 77.1 Å². The van der Waals surface area contributed by atoms with Crippen LogP contribution in [0.2, 0.25) is 0 Å². The molecule has 0 spiro atoms. The summed E-state index contributed by atoms with van der Waals surface area (Å²) in [5.41, 5.74) is 7.99. The minimum atomic E-state index is -0.335. The third-order valence-corrected chi connectivity index (χ3v) is 1.54. The average Bonchev–Trinajstić information content (AvgIpc) is 2.52. The molecule has 0 aliphatic heterocycles. The molecule has 0 radical (unpaired) electrons. The molecule has 0 aliphatic carbocycles. The van der Waals surface area contributed by atoms with Crippen molar-refractivity contribution in [2.24, 2.45) is 5.73 Å². The van der Waals surface area contributed by atoms with Gasteiger partial charge in [-0.1, -0.05) is 0 Å². The van der Waals surface area contributed by atoms with Crippen molar-refractivity contribution < 1.29 is 9.59 Å². The second-order valence-electron chi connectivity index (χ2n) is 2.56. The van der Waals surface area contributed by atoms with E-state index in [-0.39, 0.29) is 30.6 Å². The Bertz CT molecular complexity index is 335. The van der Waals surface area contributed by atoms with Gasteiger partial charge in [-0.2, -0.15) is 0 Å². The molecule has 6 heteroatoms. The molecule has 3 N–H and O–H groups in total. The molecule has 0 saturated heterocycles. The van der Waals surface area contributed by atoms with Crippen molar-refractivity contribution in [1.82, 2.24) is 4.68 Å². The third kappa shape index (κ3) is 2.86. The van der Waals surface area contributed by atoms with Crippen molar-refractivity contribution in [1.29, 1.82) is 0 Å². The smallest absolute Gasteiger partial charge is 0.252 e. The summed E-state index contributed by atoms with van der Waals surface area (Å²) in [7, 11) is 0. The number of carbonyl (C=O) groups is 2. The number of amides is 1. The SMILES string of the molecule is CC(=O)c1cccn1NC(=O)CN.Cl. The van der Waals surface area contributed by atoms with E-state index in [0.29, 0.717) is 5.69 Å². The molecular formula is C8H12ClN3O2. The predicted octanol–water partition coefficient (Wildman–Crippen LogP) is 0.141. The second kappa shape index (κ2) is 5.41. The Labute approximate surface area is 87.6 Å². The van der Waals surface area contributed by atoms with E-state index in [1.807, 2.05) is 0 Å². The number of aromatic nitrogens is 1. The van der Waals surface area contributed by atoms with Crippen LogP contribution in [0.3, 0.4) is 0 Å². The van der Waals surface area contributed by atoms with Gasteiger partial charge in [0.15, 0.2) is 5.78 Å². The number of nitrogens with zero attached hydrogens (tertiary/aromatic N) is 1. The normalized spacial score (nSPS) is 9.00. The van der Waals surface area contributed by atoms with Gasteiger partial charge in [0.25, 0.3) is 5.91 Å². The Morgan fingerprint density at radius 1 is 1.57 bits per heavy atom. The maximum Gasteiger partial charge on any atom is 0.252 e. The Balaban J connectivity index is 0.00000169. The lowest BCUT2D eigenvalue weighted by atomic mass is 10.3. The van der Waals surface area contributed by atoms with E-state index in [9.17, 15) is 9.59 Å². The highest BCUT2D eigenvalue weighted by Gasteiger charge is 2.06. The lowest BCUT2D eigenvalue weighted by molar-refractivity contribution is -0.115. The number of nitrogens with two attached hydrogens (primary N) is 1. The van der Waals surface area contributed by atoms with E-state index < -0.39 is 0 Å². The first-order chi connectivity index (χ1) is 6.15. The van der Waals surface area contributed by atoms with Gasteiger partial charge < -0.3 is 5.73 Å². The van der Waals surface area contributed by atoms with Gasteiger partial charge in [-0.25, -0.2) is 0 Å². The average molecular weight is 218 g/mol. The van der Waals surface area contributed by atoms with E-state index in [1.54, 1.807) is 18.3 Å². The molecule has 0 aliphatic rings. The standard InChI is InChI=1S/C8H11N3O2.ClH/c1-6(12)7-3-2-4-11(7)10-8(13)5-9;/h2-4H,5,9H2,1H3,(H,10,13);1H. The Morgan fingerprint density at radius 2 is 2.21 bits per heavy atom. The van der Waals surface area contributed by atoms with Gasteiger partial charge in [-0.3, -0.25) is 19.7 Å². The van der Waals surface area contributed by atoms with Gasteiger partial charge in [-0.15, -0.1) is 12.4 Å². The van der Waals surface area contributed by atoms with Crippen LogP contribution in [0.5, 0.6) is 0 Å². The summed E-state index contributed by atoms with van der Waals surface area (Å²) in [6, 6.07) is 3.30. The highest BCUT2D eigenvalue weighted by atomic mass is 35.5. The molecule has 0 atom stereocenters. The van der Waals surface area contributed by atoms with E-state index in [4.69, 9.17) is 5.73 Å². The highest BCUT2D eigenvalue weighted by molar-refractivity contribution is 5.94. The van der Waals surface area contributed by atoms with Crippen LogP contribution in [0.25, 0.3) is 0 Å². The molecule has 5 nitrogen and oxygen atoms in total. The van der Waals surface area contributed by atoms with Crippen LogP contribution in [0.15, 0.2) is 18.3 Å². The summed E-state index contributed by atoms with van der Waals surface area (Å²) in [5, 5.41) is 0. The van der Waals surface area contributed by atoms with Gasteiger partial charge in [-0.05, 0) is 12.1 Å². The molecule has 1 aromatic rings. The lowest BCUT2D eigenvalue weighted by Crippen LogP contribution is -2.30. The molecule has 0 unspecified atom stereocenters. The van der Waals surface area contributed by atoms with Crippen LogP contribution >= 0.6 is 12.4 Å². The second-order valence-corrected chi connectivity index (χ2v) is 2.56. The molecule has 1 heterocycles. The summed E-state index contributed by atoms with van der Waals surface area (Å²) < 4.78 is 1.36.